The second kappa shape index (κ2) is 5.68. The zero-order chi connectivity index (χ0) is 14.7. The first-order valence-electron chi connectivity index (χ1n) is 6.03. The van der Waals surface area contributed by atoms with Crippen LogP contribution in [0.15, 0.2) is 52.6 Å². The van der Waals surface area contributed by atoms with Crippen molar-refractivity contribution >= 4 is 22.2 Å². The minimum Gasteiger partial charge on any atom is -0.192 e. The molecule has 0 N–H and O–H groups in total. The van der Waals surface area contributed by atoms with Crippen LogP contribution < -0.4 is 0 Å². The summed E-state index contributed by atoms with van der Waals surface area (Å²) >= 11 is 1.36. The van der Waals surface area contributed by atoms with Gasteiger partial charge in [-0.1, -0.05) is 53.9 Å². The predicted molar refractivity (Wildman–Crippen MR) is 83.1 cm³/mol. The number of rotatable bonds is 2. The largest absolute Gasteiger partial charge is 0.192 e. The molecular weight excluding hydrogens is 264 g/mol. The van der Waals surface area contributed by atoms with Gasteiger partial charge < -0.3 is 0 Å². The molecule has 1 aliphatic heterocycles. The van der Waals surface area contributed by atoms with Crippen molar-refractivity contribution in [3.8, 4) is 12.1 Å². The van der Waals surface area contributed by atoms with Gasteiger partial charge >= 0.3 is 0 Å². The van der Waals surface area contributed by atoms with Gasteiger partial charge in [-0.25, -0.2) is 0 Å². The van der Waals surface area contributed by atoms with E-state index >= 15 is 0 Å². The molecule has 0 aliphatic carbocycles. The molecule has 0 saturated heterocycles. The van der Waals surface area contributed by atoms with E-state index in [0.29, 0.717) is 16.1 Å². The first-order chi connectivity index (χ1) is 9.56. The van der Waals surface area contributed by atoms with Crippen LogP contribution in [0, 0.1) is 22.7 Å². The maximum absolute atomic E-state index is 9.15. The lowest BCUT2D eigenvalue weighted by atomic mass is 10.1. The molecule has 0 saturated carbocycles. The molecule has 0 bridgehead atoms. The van der Waals surface area contributed by atoms with E-state index in [1.54, 1.807) is 6.92 Å². The van der Waals surface area contributed by atoms with Crippen LogP contribution >= 0.6 is 11.8 Å². The normalized spacial score (nSPS) is 14.0. The SMILES string of the molecule is C=C(C)c1ccc(C2=C=C(C#N)C(C)=C(C#N)S2)cc1. The van der Waals surface area contributed by atoms with Gasteiger partial charge in [0.25, 0.3) is 0 Å². The Balaban J connectivity index is 2.50. The summed E-state index contributed by atoms with van der Waals surface area (Å²) in [5, 5.41) is 18.3. The lowest BCUT2D eigenvalue weighted by molar-refractivity contribution is 1.39. The van der Waals surface area contributed by atoms with Crippen LogP contribution in [-0.4, -0.2) is 0 Å². The van der Waals surface area contributed by atoms with Crippen LogP contribution in [-0.2, 0) is 0 Å². The monoisotopic (exact) mass is 276 g/mol. The zero-order valence-corrected chi connectivity index (χ0v) is 12.1. The molecule has 96 valence electrons. The number of benzene rings is 1. The van der Waals surface area contributed by atoms with Gasteiger partial charge in [0.15, 0.2) is 0 Å². The van der Waals surface area contributed by atoms with Crippen LogP contribution in [0.1, 0.15) is 25.0 Å². The van der Waals surface area contributed by atoms with E-state index in [1.165, 1.54) is 11.8 Å². The van der Waals surface area contributed by atoms with Crippen molar-refractivity contribution in [2.24, 2.45) is 0 Å². The molecule has 1 heterocycles. The van der Waals surface area contributed by atoms with Gasteiger partial charge in [0, 0.05) is 0 Å². The third-order valence-corrected chi connectivity index (χ3v) is 4.15. The van der Waals surface area contributed by atoms with Gasteiger partial charge in [-0.3, -0.25) is 0 Å². The van der Waals surface area contributed by atoms with Crippen molar-refractivity contribution in [2.45, 2.75) is 13.8 Å². The fourth-order valence-corrected chi connectivity index (χ4v) is 2.69. The van der Waals surface area contributed by atoms with Gasteiger partial charge in [-0.15, -0.1) is 0 Å². The summed E-state index contributed by atoms with van der Waals surface area (Å²) < 4.78 is 0. The highest BCUT2D eigenvalue weighted by Crippen LogP contribution is 2.39. The number of hydrogen-bond acceptors (Lipinski definition) is 3. The molecule has 0 unspecified atom stereocenters. The number of hydrogen-bond donors (Lipinski definition) is 0. The molecule has 2 nitrogen and oxygen atoms in total. The highest BCUT2D eigenvalue weighted by atomic mass is 32.2. The number of thioether (sulfide) groups is 1. The summed E-state index contributed by atoms with van der Waals surface area (Å²) in [6.45, 7) is 7.63. The Morgan fingerprint density at radius 3 is 2.35 bits per heavy atom. The maximum atomic E-state index is 9.15. The summed E-state index contributed by atoms with van der Waals surface area (Å²) in [4.78, 5) is 1.36. The molecule has 2 rings (SSSR count). The van der Waals surface area contributed by atoms with Gasteiger partial charge in [0.1, 0.15) is 12.1 Å². The van der Waals surface area contributed by atoms with E-state index < -0.39 is 0 Å². The van der Waals surface area contributed by atoms with Crippen molar-refractivity contribution in [1.82, 2.24) is 0 Å². The highest BCUT2D eigenvalue weighted by molar-refractivity contribution is 8.12. The lowest BCUT2D eigenvalue weighted by Gasteiger charge is -2.11. The summed E-state index contributed by atoms with van der Waals surface area (Å²) in [5.74, 6) is 0. The molecule has 0 fully saturated rings. The smallest absolute Gasteiger partial charge is 0.108 e. The van der Waals surface area contributed by atoms with E-state index in [-0.39, 0.29) is 0 Å². The van der Waals surface area contributed by atoms with Crippen LogP contribution in [0.25, 0.3) is 10.5 Å². The van der Waals surface area contributed by atoms with Gasteiger partial charge in [-0.05, 0) is 30.5 Å². The van der Waals surface area contributed by atoms with E-state index in [1.807, 2.05) is 31.2 Å². The Morgan fingerprint density at radius 2 is 1.85 bits per heavy atom. The second-order valence-electron chi connectivity index (χ2n) is 4.47. The van der Waals surface area contributed by atoms with Crippen molar-refractivity contribution < 1.29 is 0 Å². The standard InChI is InChI=1S/C17H12N2S/c1-11(2)13-4-6-14(7-5-13)16-8-15(9-18)12(3)17(10-19)20-16/h4-7H,1H2,2-3H3. The number of allylic oxidation sites excluding steroid dienone is 4. The molecule has 0 radical (unpaired) electrons. The van der Waals surface area contributed by atoms with Gasteiger partial charge in [0.2, 0.25) is 0 Å². The van der Waals surface area contributed by atoms with Crippen molar-refractivity contribution in [3.05, 3.63) is 63.8 Å². The number of nitrogens with zero attached hydrogens (tertiary/aromatic N) is 2. The minimum atomic E-state index is 0.430. The Labute approximate surface area is 123 Å². The first kappa shape index (κ1) is 14.0. The predicted octanol–water partition coefficient (Wildman–Crippen LogP) is 4.65. The summed E-state index contributed by atoms with van der Waals surface area (Å²) in [6.07, 6.45) is 0. The Bertz CT molecular complexity index is 759. The zero-order valence-electron chi connectivity index (χ0n) is 11.3. The molecule has 3 heteroatoms. The maximum Gasteiger partial charge on any atom is 0.108 e. The molecule has 1 aromatic carbocycles. The summed E-state index contributed by atoms with van der Waals surface area (Å²) in [6, 6.07) is 12.1. The molecule has 0 atom stereocenters. The molecular formula is C17H12N2S. The fraction of sp³-hybridized carbons (Fsp3) is 0.118. The number of nitriles is 2. The Kier molecular flexibility index (Phi) is 3.97. The highest BCUT2D eigenvalue weighted by Gasteiger charge is 2.16. The molecule has 0 amide bonds. The average molecular weight is 276 g/mol. The molecule has 1 aliphatic rings. The van der Waals surface area contributed by atoms with Crippen LogP contribution in [0.3, 0.4) is 0 Å². The Hall–Kier alpha value is -2.45. The fourth-order valence-electron chi connectivity index (χ4n) is 1.78. The van der Waals surface area contributed by atoms with E-state index in [2.05, 4.69) is 24.4 Å². The Morgan fingerprint density at radius 1 is 1.20 bits per heavy atom. The lowest BCUT2D eigenvalue weighted by Crippen LogP contribution is -1.92. The molecule has 0 aromatic heterocycles. The third kappa shape index (κ3) is 2.60. The van der Waals surface area contributed by atoms with Gasteiger partial charge in [0.05, 0.1) is 15.4 Å². The van der Waals surface area contributed by atoms with Gasteiger partial charge in [-0.2, -0.15) is 10.5 Å². The van der Waals surface area contributed by atoms with Crippen LogP contribution in [0.4, 0.5) is 0 Å². The summed E-state index contributed by atoms with van der Waals surface area (Å²) in [5.41, 5.74) is 7.24. The molecule has 1 aromatic rings. The van der Waals surface area contributed by atoms with E-state index in [0.717, 1.165) is 21.6 Å². The average Bonchev–Trinajstić information content (AvgIpc) is 2.47. The second-order valence-corrected chi connectivity index (χ2v) is 5.49. The van der Waals surface area contributed by atoms with Crippen LogP contribution in [0.5, 0.6) is 0 Å². The van der Waals surface area contributed by atoms with Crippen LogP contribution in [0.2, 0.25) is 0 Å². The van der Waals surface area contributed by atoms with E-state index in [4.69, 9.17) is 10.5 Å². The minimum absolute atomic E-state index is 0.430. The molecule has 20 heavy (non-hydrogen) atoms. The first-order valence-corrected chi connectivity index (χ1v) is 6.85. The van der Waals surface area contributed by atoms with Crippen molar-refractivity contribution in [2.75, 3.05) is 0 Å². The summed E-state index contributed by atoms with van der Waals surface area (Å²) in [7, 11) is 0. The van der Waals surface area contributed by atoms with E-state index in [9.17, 15) is 0 Å². The molecule has 0 spiro atoms. The van der Waals surface area contributed by atoms with Crippen molar-refractivity contribution in [1.29, 1.82) is 10.5 Å². The topological polar surface area (TPSA) is 47.6 Å². The third-order valence-electron chi connectivity index (χ3n) is 3.01. The van der Waals surface area contributed by atoms with Crippen molar-refractivity contribution in [3.63, 3.8) is 0 Å². The quantitative estimate of drug-likeness (QED) is 0.738.